The van der Waals surface area contributed by atoms with E-state index in [1.807, 2.05) is 18.2 Å². The molecule has 0 bridgehead atoms. The molecular weight excluding hydrogens is 499 g/mol. The third-order valence-electron chi connectivity index (χ3n) is 5.55. The Morgan fingerprint density at radius 3 is 2.67 bits per heavy atom. The number of urea groups is 1. The molecule has 1 atom stereocenters. The topological polar surface area (TPSA) is 108 Å². The van der Waals surface area contributed by atoms with E-state index in [0.717, 1.165) is 14.6 Å². The molecule has 0 spiro atoms. The molecule has 1 aliphatic heterocycles. The zero-order valence-corrected chi connectivity index (χ0v) is 18.0. The highest BCUT2D eigenvalue weighted by atomic mass is 127. The first-order chi connectivity index (χ1) is 14.5. The van der Waals surface area contributed by atoms with E-state index in [4.69, 9.17) is 9.84 Å². The van der Waals surface area contributed by atoms with Gasteiger partial charge < -0.3 is 20.1 Å². The maximum absolute atomic E-state index is 13.2. The van der Waals surface area contributed by atoms with Gasteiger partial charge in [-0.15, -0.1) is 0 Å². The highest BCUT2D eigenvalue weighted by Gasteiger charge is 2.60. The van der Waals surface area contributed by atoms with Gasteiger partial charge in [0.05, 0.1) is 17.6 Å². The molecule has 1 aliphatic carbocycles. The van der Waals surface area contributed by atoms with Crippen LogP contribution in [0.1, 0.15) is 30.3 Å². The SMILES string of the molecule is O=C1N[C@H](c2ccc(OCCO)cc2)C(=O)N1C1(c2nc3cc(I)ccc3[nH]2)CC1. The highest BCUT2D eigenvalue weighted by Crippen LogP contribution is 2.52. The molecule has 2 aliphatic rings. The Hall–Kier alpha value is -2.66. The summed E-state index contributed by atoms with van der Waals surface area (Å²) in [6.45, 7) is 0.127. The van der Waals surface area contributed by atoms with Crippen LogP contribution in [0.5, 0.6) is 5.75 Å². The van der Waals surface area contributed by atoms with Crippen molar-refractivity contribution in [3.8, 4) is 5.75 Å². The summed E-state index contributed by atoms with van der Waals surface area (Å²) in [4.78, 5) is 35.4. The van der Waals surface area contributed by atoms with E-state index in [-0.39, 0.29) is 19.1 Å². The number of fused-ring (bicyclic) bond motifs is 1. The lowest BCUT2D eigenvalue weighted by Gasteiger charge is -2.23. The molecule has 2 fully saturated rings. The maximum atomic E-state index is 13.2. The molecule has 1 aromatic heterocycles. The number of halogens is 1. The number of aliphatic hydroxyl groups excluding tert-OH is 1. The number of ether oxygens (including phenoxy) is 1. The molecule has 8 nitrogen and oxygen atoms in total. The minimum absolute atomic E-state index is 0.0725. The fourth-order valence-corrected chi connectivity index (χ4v) is 4.39. The zero-order valence-electron chi connectivity index (χ0n) is 15.9. The third-order valence-corrected chi connectivity index (χ3v) is 6.22. The third kappa shape index (κ3) is 3.12. The van der Waals surface area contributed by atoms with Crippen LogP contribution in [0.25, 0.3) is 11.0 Å². The molecular formula is C21H19IN4O4. The molecule has 154 valence electrons. The molecule has 0 radical (unpaired) electrons. The molecule has 5 rings (SSSR count). The predicted octanol–water partition coefficient (Wildman–Crippen LogP) is 2.82. The van der Waals surface area contributed by atoms with E-state index in [0.29, 0.717) is 30.0 Å². The average molecular weight is 518 g/mol. The first kappa shape index (κ1) is 19.3. The van der Waals surface area contributed by atoms with Crippen molar-refractivity contribution in [1.29, 1.82) is 0 Å². The Morgan fingerprint density at radius 2 is 1.97 bits per heavy atom. The van der Waals surface area contributed by atoms with Crippen molar-refractivity contribution in [2.75, 3.05) is 13.2 Å². The summed E-state index contributed by atoms with van der Waals surface area (Å²) in [6, 6.07) is 11.7. The zero-order chi connectivity index (χ0) is 20.9. The lowest BCUT2D eigenvalue weighted by molar-refractivity contribution is -0.130. The van der Waals surface area contributed by atoms with Gasteiger partial charge in [0.15, 0.2) is 0 Å². The number of aromatic nitrogens is 2. The van der Waals surface area contributed by atoms with Gasteiger partial charge in [-0.1, -0.05) is 12.1 Å². The lowest BCUT2D eigenvalue weighted by atomic mass is 10.1. The van der Waals surface area contributed by atoms with E-state index in [1.165, 1.54) is 4.90 Å². The van der Waals surface area contributed by atoms with E-state index in [2.05, 4.69) is 37.9 Å². The van der Waals surface area contributed by atoms with Gasteiger partial charge in [-0.25, -0.2) is 14.7 Å². The Bertz CT molecular complexity index is 1140. The number of carbonyl (C=O) groups is 2. The van der Waals surface area contributed by atoms with Gasteiger partial charge in [-0.3, -0.25) is 4.79 Å². The number of H-pyrrole nitrogens is 1. The van der Waals surface area contributed by atoms with Gasteiger partial charge in [-0.2, -0.15) is 0 Å². The van der Waals surface area contributed by atoms with Crippen molar-refractivity contribution in [3.63, 3.8) is 0 Å². The standard InChI is InChI=1S/C21H19IN4O4/c22-13-3-6-15-16(11-13)24-19(23-15)21(7-8-21)26-18(28)17(25-20(26)29)12-1-4-14(5-2-12)30-10-9-27/h1-6,11,17,27H,7-10H2,(H,23,24)(H,25,29)/t17-/m1/s1. The fraction of sp³-hybridized carbons (Fsp3) is 0.286. The van der Waals surface area contributed by atoms with Gasteiger partial charge in [0, 0.05) is 3.57 Å². The molecule has 30 heavy (non-hydrogen) atoms. The smallest absolute Gasteiger partial charge is 0.326 e. The summed E-state index contributed by atoms with van der Waals surface area (Å²) in [5, 5.41) is 11.7. The Kier molecular flexibility index (Phi) is 4.66. The van der Waals surface area contributed by atoms with Gasteiger partial charge in [0.25, 0.3) is 5.91 Å². The fourth-order valence-electron chi connectivity index (χ4n) is 3.91. The van der Waals surface area contributed by atoms with Crippen LogP contribution in [0.2, 0.25) is 0 Å². The quantitative estimate of drug-likeness (QED) is 0.344. The number of rotatable bonds is 6. The summed E-state index contributed by atoms with van der Waals surface area (Å²) in [5.41, 5.74) is 1.68. The van der Waals surface area contributed by atoms with Gasteiger partial charge in [0.1, 0.15) is 29.8 Å². The monoisotopic (exact) mass is 518 g/mol. The number of aliphatic hydroxyl groups is 1. The number of hydrogen-bond acceptors (Lipinski definition) is 5. The van der Waals surface area contributed by atoms with Crippen molar-refractivity contribution in [3.05, 3.63) is 57.4 Å². The first-order valence-corrected chi connectivity index (χ1v) is 10.7. The Balaban J connectivity index is 1.42. The van der Waals surface area contributed by atoms with Crippen molar-refractivity contribution in [2.24, 2.45) is 0 Å². The lowest BCUT2D eigenvalue weighted by Crippen LogP contribution is -2.41. The van der Waals surface area contributed by atoms with Crippen molar-refractivity contribution in [1.82, 2.24) is 20.2 Å². The predicted molar refractivity (Wildman–Crippen MR) is 117 cm³/mol. The second kappa shape index (κ2) is 7.24. The van der Waals surface area contributed by atoms with Crippen LogP contribution in [0.4, 0.5) is 4.79 Å². The summed E-state index contributed by atoms with van der Waals surface area (Å²) in [5.74, 6) is 0.963. The van der Waals surface area contributed by atoms with Crippen molar-refractivity contribution >= 4 is 45.6 Å². The highest BCUT2D eigenvalue weighted by molar-refractivity contribution is 14.1. The minimum atomic E-state index is -0.743. The number of amides is 3. The average Bonchev–Trinajstić information content (AvgIpc) is 3.32. The number of nitrogens with one attached hydrogen (secondary N) is 2. The summed E-state index contributed by atoms with van der Waals surface area (Å²) < 4.78 is 6.43. The largest absolute Gasteiger partial charge is 0.491 e. The number of hydrogen-bond donors (Lipinski definition) is 3. The summed E-state index contributed by atoms with van der Waals surface area (Å²) in [6.07, 6.45) is 1.37. The van der Waals surface area contributed by atoms with Crippen molar-refractivity contribution in [2.45, 2.75) is 24.4 Å². The van der Waals surface area contributed by atoms with E-state index in [9.17, 15) is 9.59 Å². The number of imidazole rings is 1. The second-order valence-electron chi connectivity index (χ2n) is 7.48. The number of carbonyl (C=O) groups excluding carboxylic acids is 2. The van der Waals surface area contributed by atoms with Crippen LogP contribution in [-0.2, 0) is 10.3 Å². The maximum Gasteiger partial charge on any atom is 0.326 e. The number of imide groups is 1. The molecule has 1 saturated carbocycles. The van der Waals surface area contributed by atoms with Crippen LogP contribution in [-0.4, -0.2) is 45.1 Å². The Labute approximate surface area is 185 Å². The molecule has 3 amide bonds. The molecule has 2 heterocycles. The second-order valence-corrected chi connectivity index (χ2v) is 8.72. The van der Waals surface area contributed by atoms with E-state index in [1.54, 1.807) is 24.3 Å². The minimum Gasteiger partial charge on any atom is -0.491 e. The van der Waals surface area contributed by atoms with Gasteiger partial charge >= 0.3 is 6.03 Å². The number of aromatic amines is 1. The number of nitrogens with zero attached hydrogens (tertiary/aromatic N) is 2. The number of benzene rings is 2. The van der Waals surface area contributed by atoms with Crippen LogP contribution in [0.3, 0.4) is 0 Å². The van der Waals surface area contributed by atoms with E-state index < -0.39 is 17.6 Å². The molecule has 3 N–H and O–H groups in total. The van der Waals surface area contributed by atoms with Crippen LogP contribution < -0.4 is 10.1 Å². The first-order valence-electron chi connectivity index (χ1n) is 9.66. The van der Waals surface area contributed by atoms with Crippen LogP contribution >= 0.6 is 22.6 Å². The molecule has 0 unspecified atom stereocenters. The van der Waals surface area contributed by atoms with Gasteiger partial charge in [-0.05, 0) is 71.3 Å². The summed E-state index contributed by atoms with van der Waals surface area (Å²) in [7, 11) is 0. The van der Waals surface area contributed by atoms with Gasteiger partial charge in [0.2, 0.25) is 0 Å². The van der Waals surface area contributed by atoms with Crippen LogP contribution in [0, 0.1) is 3.57 Å². The molecule has 2 aromatic carbocycles. The van der Waals surface area contributed by atoms with Crippen molar-refractivity contribution < 1.29 is 19.4 Å². The van der Waals surface area contributed by atoms with Crippen LogP contribution in [0.15, 0.2) is 42.5 Å². The molecule has 9 heteroatoms. The normalized spacial score (nSPS) is 19.9. The Morgan fingerprint density at radius 1 is 1.20 bits per heavy atom. The summed E-state index contributed by atoms with van der Waals surface area (Å²) >= 11 is 2.23. The molecule has 1 saturated heterocycles. The molecule has 3 aromatic rings. The van der Waals surface area contributed by atoms with E-state index >= 15 is 0 Å².